The Morgan fingerprint density at radius 1 is 1.37 bits per heavy atom. The van der Waals surface area contributed by atoms with Crippen LogP contribution in [-0.2, 0) is 16.1 Å². The number of carbonyl (C=O) groups is 1. The van der Waals surface area contributed by atoms with E-state index in [2.05, 4.69) is 10.1 Å². The van der Waals surface area contributed by atoms with Crippen molar-refractivity contribution >= 4 is 5.91 Å². The summed E-state index contributed by atoms with van der Waals surface area (Å²) < 4.78 is 39.6. The van der Waals surface area contributed by atoms with Crippen molar-refractivity contribution in [2.75, 3.05) is 13.2 Å². The highest BCUT2D eigenvalue weighted by molar-refractivity contribution is 5.75. The van der Waals surface area contributed by atoms with Crippen molar-refractivity contribution < 1.29 is 22.7 Å². The van der Waals surface area contributed by atoms with Gasteiger partial charge in [0.25, 0.3) is 0 Å². The third kappa shape index (κ3) is 7.46. The van der Waals surface area contributed by atoms with Crippen LogP contribution in [0.5, 0.6) is 0 Å². The molecule has 1 aromatic carbocycles. The van der Waals surface area contributed by atoms with Gasteiger partial charge in [0.15, 0.2) is 0 Å². The second-order valence-corrected chi connectivity index (χ2v) is 4.18. The van der Waals surface area contributed by atoms with E-state index in [1.165, 1.54) is 0 Å². The number of alkyl halides is 3. The maximum atomic E-state index is 11.8. The van der Waals surface area contributed by atoms with E-state index in [4.69, 9.17) is 0 Å². The minimum absolute atomic E-state index is 0.0815. The Kier molecular flexibility index (Phi) is 5.82. The second kappa shape index (κ2) is 7.13. The number of aryl methyl sites for hydroxylation is 1. The predicted octanol–water partition coefficient (Wildman–Crippen LogP) is 2.58. The standard InChI is InChI=1S/C13H16F3NO2/c1-10-3-2-4-11(7-10)8-17-12(18)5-6-19-9-13(14,15)16/h2-4,7H,5-6,8-9H2,1H3,(H,17,18). The summed E-state index contributed by atoms with van der Waals surface area (Å²) in [6.07, 6.45) is -4.43. The van der Waals surface area contributed by atoms with Crippen molar-refractivity contribution in [1.82, 2.24) is 5.32 Å². The summed E-state index contributed by atoms with van der Waals surface area (Å²) in [6, 6.07) is 7.62. The first-order chi connectivity index (χ1) is 8.87. The van der Waals surface area contributed by atoms with E-state index in [-0.39, 0.29) is 18.9 Å². The Hall–Kier alpha value is -1.56. The molecule has 0 aliphatic heterocycles. The zero-order valence-electron chi connectivity index (χ0n) is 10.6. The number of halogens is 3. The second-order valence-electron chi connectivity index (χ2n) is 4.18. The normalized spacial score (nSPS) is 11.4. The third-order valence-electron chi connectivity index (χ3n) is 2.31. The van der Waals surface area contributed by atoms with E-state index in [0.717, 1.165) is 11.1 Å². The van der Waals surface area contributed by atoms with Crippen molar-refractivity contribution in [3.63, 3.8) is 0 Å². The van der Waals surface area contributed by atoms with Crippen LogP contribution in [-0.4, -0.2) is 25.3 Å². The highest BCUT2D eigenvalue weighted by Crippen LogP contribution is 2.14. The Labute approximate surface area is 109 Å². The van der Waals surface area contributed by atoms with Gasteiger partial charge in [-0.25, -0.2) is 0 Å². The molecular formula is C13H16F3NO2. The molecule has 0 saturated heterocycles. The molecule has 106 valence electrons. The maximum absolute atomic E-state index is 11.8. The zero-order chi connectivity index (χ0) is 14.3. The number of nitrogens with one attached hydrogen (secondary N) is 1. The number of amides is 1. The number of rotatable bonds is 6. The molecular weight excluding hydrogens is 259 g/mol. The average Bonchev–Trinajstić information content (AvgIpc) is 2.31. The lowest BCUT2D eigenvalue weighted by atomic mass is 10.1. The van der Waals surface area contributed by atoms with Crippen LogP contribution < -0.4 is 5.32 Å². The summed E-state index contributed by atoms with van der Waals surface area (Å²) in [4.78, 5) is 11.4. The molecule has 0 bridgehead atoms. The smallest absolute Gasteiger partial charge is 0.372 e. The van der Waals surface area contributed by atoms with Crippen molar-refractivity contribution in [3.8, 4) is 0 Å². The largest absolute Gasteiger partial charge is 0.411 e. The average molecular weight is 275 g/mol. The van der Waals surface area contributed by atoms with Gasteiger partial charge in [-0.3, -0.25) is 4.79 Å². The van der Waals surface area contributed by atoms with Crippen molar-refractivity contribution in [2.24, 2.45) is 0 Å². The molecule has 1 amide bonds. The molecule has 0 radical (unpaired) electrons. The monoisotopic (exact) mass is 275 g/mol. The van der Waals surface area contributed by atoms with Crippen LogP contribution in [0.4, 0.5) is 13.2 Å². The first-order valence-corrected chi connectivity index (χ1v) is 5.83. The fourth-order valence-electron chi connectivity index (χ4n) is 1.46. The predicted molar refractivity (Wildman–Crippen MR) is 64.5 cm³/mol. The molecule has 0 saturated carbocycles. The molecule has 0 heterocycles. The molecule has 0 aliphatic rings. The van der Waals surface area contributed by atoms with Gasteiger partial charge in [-0.2, -0.15) is 13.2 Å². The van der Waals surface area contributed by atoms with Crippen LogP contribution in [0.2, 0.25) is 0 Å². The van der Waals surface area contributed by atoms with Crippen LogP contribution in [0, 0.1) is 6.92 Å². The molecule has 0 spiro atoms. The third-order valence-corrected chi connectivity index (χ3v) is 2.31. The van der Waals surface area contributed by atoms with Crippen LogP contribution in [0.1, 0.15) is 17.5 Å². The van der Waals surface area contributed by atoms with Crippen LogP contribution in [0.25, 0.3) is 0 Å². The molecule has 0 atom stereocenters. The van der Waals surface area contributed by atoms with Crippen molar-refractivity contribution in [3.05, 3.63) is 35.4 Å². The Bertz CT molecular complexity index is 419. The van der Waals surface area contributed by atoms with Gasteiger partial charge in [0.05, 0.1) is 6.61 Å². The molecule has 0 aliphatic carbocycles. The fourth-order valence-corrected chi connectivity index (χ4v) is 1.46. The van der Waals surface area contributed by atoms with Crippen molar-refractivity contribution in [1.29, 1.82) is 0 Å². The molecule has 1 rings (SSSR count). The van der Waals surface area contributed by atoms with Gasteiger partial charge < -0.3 is 10.1 Å². The van der Waals surface area contributed by atoms with Crippen molar-refractivity contribution in [2.45, 2.75) is 26.1 Å². The van der Waals surface area contributed by atoms with E-state index in [1.54, 1.807) is 0 Å². The highest BCUT2D eigenvalue weighted by atomic mass is 19.4. The van der Waals surface area contributed by atoms with Crippen LogP contribution in [0.15, 0.2) is 24.3 Å². The molecule has 0 unspecified atom stereocenters. The number of carbonyl (C=O) groups excluding carboxylic acids is 1. The van der Waals surface area contributed by atoms with Gasteiger partial charge in [0, 0.05) is 13.0 Å². The highest BCUT2D eigenvalue weighted by Gasteiger charge is 2.27. The van der Waals surface area contributed by atoms with Gasteiger partial charge in [-0.05, 0) is 12.5 Å². The number of ether oxygens (including phenoxy) is 1. The maximum Gasteiger partial charge on any atom is 0.411 e. The molecule has 1 N–H and O–H groups in total. The topological polar surface area (TPSA) is 38.3 Å². The Morgan fingerprint density at radius 2 is 2.11 bits per heavy atom. The minimum Gasteiger partial charge on any atom is -0.372 e. The van der Waals surface area contributed by atoms with E-state index in [9.17, 15) is 18.0 Å². The lowest BCUT2D eigenvalue weighted by molar-refractivity contribution is -0.174. The summed E-state index contributed by atoms with van der Waals surface area (Å²) in [5.74, 6) is -0.330. The SMILES string of the molecule is Cc1cccc(CNC(=O)CCOCC(F)(F)F)c1. The fraction of sp³-hybridized carbons (Fsp3) is 0.462. The number of benzene rings is 1. The summed E-state index contributed by atoms with van der Waals surface area (Å²) in [5, 5.41) is 2.62. The summed E-state index contributed by atoms with van der Waals surface area (Å²) in [7, 11) is 0. The molecule has 0 fully saturated rings. The van der Waals surface area contributed by atoms with E-state index < -0.39 is 12.8 Å². The van der Waals surface area contributed by atoms with E-state index in [0.29, 0.717) is 6.54 Å². The first-order valence-electron chi connectivity index (χ1n) is 5.83. The Balaban J connectivity index is 2.18. The van der Waals surface area contributed by atoms with Crippen LogP contribution >= 0.6 is 0 Å². The van der Waals surface area contributed by atoms with E-state index >= 15 is 0 Å². The lowest BCUT2D eigenvalue weighted by Gasteiger charge is -2.08. The Morgan fingerprint density at radius 3 is 2.74 bits per heavy atom. The first kappa shape index (κ1) is 15.5. The minimum atomic E-state index is -4.35. The van der Waals surface area contributed by atoms with E-state index in [1.807, 2.05) is 31.2 Å². The van der Waals surface area contributed by atoms with Gasteiger partial charge in [-0.1, -0.05) is 29.8 Å². The zero-order valence-corrected chi connectivity index (χ0v) is 10.6. The molecule has 19 heavy (non-hydrogen) atoms. The van der Waals surface area contributed by atoms with Gasteiger partial charge in [0.1, 0.15) is 6.61 Å². The quantitative estimate of drug-likeness (QED) is 0.810. The summed E-state index contributed by atoms with van der Waals surface area (Å²) in [6.45, 7) is 0.743. The van der Waals surface area contributed by atoms with Gasteiger partial charge in [0.2, 0.25) is 5.91 Å². The summed E-state index contributed by atoms with van der Waals surface area (Å²) in [5.41, 5.74) is 2.03. The van der Waals surface area contributed by atoms with Gasteiger partial charge in [-0.15, -0.1) is 0 Å². The molecule has 0 aromatic heterocycles. The number of hydrogen-bond donors (Lipinski definition) is 1. The number of hydrogen-bond acceptors (Lipinski definition) is 2. The van der Waals surface area contributed by atoms with Gasteiger partial charge >= 0.3 is 6.18 Å². The molecule has 6 heteroatoms. The molecule has 1 aromatic rings. The lowest BCUT2D eigenvalue weighted by Crippen LogP contribution is -2.25. The van der Waals surface area contributed by atoms with Crippen LogP contribution in [0.3, 0.4) is 0 Å². The summed E-state index contributed by atoms with van der Waals surface area (Å²) >= 11 is 0. The molecule has 3 nitrogen and oxygen atoms in total.